The van der Waals surface area contributed by atoms with Crippen LogP contribution in [0.25, 0.3) is 0 Å². The van der Waals surface area contributed by atoms with Crippen LogP contribution in [0.5, 0.6) is 0 Å². The minimum absolute atomic E-state index is 0.0331. The lowest BCUT2D eigenvalue weighted by Crippen LogP contribution is -2.49. The maximum atomic E-state index is 8.98. The van der Waals surface area contributed by atoms with Crippen LogP contribution in [-0.2, 0) is 4.74 Å². The van der Waals surface area contributed by atoms with Gasteiger partial charge in [0.25, 0.3) is 0 Å². The summed E-state index contributed by atoms with van der Waals surface area (Å²) < 4.78 is 6.30. The molecule has 0 saturated carbocycles. The zero-order chi connectivity index (χ0) is 13.9. The van der Waals surface area contributed by atoms with Crippen molar-refractivity contribution in [3.63, 3.8) is 0 Å². The summed E-state index contributed by atoms with van der Waals surface area (Å²) >= 11 is 0. The van der Waals surface area contributed by atoms with Crippen LogP contribution in [0.2, 0.25) is 0 Å². The molecule has 1 N–H and O–H groups in total. The maximum Gasteiger partial charge on any atom is 0.0991 e. The van der Waals surface area contributed by atoms with Crippen molar-refractivity contribution in [2.45, 2.75) is 38.9 Å². The summed E-state index contributed by atoms with van der Waals surface area (Å²) in [7, 11) is 0. The average Bonchev–Trinajstić information content (AvgIpc) is 2.37. The number of benzene rings is 1. The molecule has 0 bridgehead atoms. The molecule has 1 fully saturated rings. The van der Waals surface area contributed by atoms with Crippen molar-refractivity contribution in [1.82, 2.24) is 5.32 Å². The molecule has 2 atom stereocenters. The van der Waals surface area contributed by atoms with E-state index in [4.69, 9.17) is 10.00 Å². The normalized spacial score (nSPS) is 27.2. The van der Waals surface area contributed by atoms with Gasteiger partial charge in [0, 0.05) is 13.1 Å². The third-order valence-corrected chi connectivity index (χ3v) is 3.48. The molecule has 0 amide bonds. The van der Waals surface area contributed by atoms with Crippen LogP contribution < -0.4 is 5.32 Å². The van der Waals surface area contributed by atoms with Crippen LogP contribution in [0.3, 0.4) is 0 Å². The highest BCUT2D eigenvalue weighted by Crippen LogP contribution is 2.31. The Hall–Kier alpha value is -1.37. The van der Waals surface area contributed by atoms with E-state index in [9.17, 15) is 0 Å². The molecule has 0 aliphatic carbocycles. The van der Waals surface area contributed by atoms with Gasteiger partial charge in [0.05, 0.1) is 23.3 Å². The first kappa shape index (κ1) is 14.0. The van der Waals surface area contributed by atoms with Crippen LogP contribution in [0.15, 0.2) is 24.3 Å². The van der Waals surface area contributed by atoms with E-state index in [0.717, 1.165) is 25.1 Å². The van der Waals surface area contributed by atoms with Gasteiger partial charge in [0.15, 0.2) is 0 Å². The number of nitriles is 1. The molecule has 0 aromatic heterocycles. The summed E-state index contributed by atoms with van der Waals surface area (Å²) in [6.07, 6.45) is 1.07. The Bertz CT molecular complexity index is 478. The summed E-state index contributed by atoms with van der Waals surface area (Å²) in [4.78, 5) is 0. The predicted octanol–water partition coefficient (Wildman–Crippen LogP) is 3.02. The van der Waals surface area contributed by atoms with Gasteiger partial charge >= 0.3 is 0 Å². The fourth-order valence-corrected chi connectivity index (χ4v) is 2.87. The Kier molecular flexibility index (Phi) is 4.24. The summed E-state index contributed by atoms with van der Waals surface area (Å²) in [6, 6.07) is 9.89. The first-order chi connectivity index (χ1) is 9.02. The zero-order valence-corrected chi connectivity index (χ0v) is 11.9. The van der Waals surface area contributed by atoms with Gasteiger partial charge in [-0.25, -0.2) is 0 Å². The molecule has 3 nitrogen and oxygen atoms in total. The molecule has 1 aliphatic rings. The minimum atomic E-state index is -0.125. The van der Waals surface area contributed by atoms with Gasteiger partial charge in [-0.05, 0) is 37.0 Å². The van der Waals surface area contributed by atoms with E-state index in [1.165, 1.54) is 0 Å². The van der Waals surface area contributed by atoms with Gasteiger partial charge < -0.3 is 10.1 Å². The minimum Gasteiger partial charge on any atom is -0.365 e. The monoisotopic (exact) mass is 258 g/mol. The predicted molar refractivity (Wildman–Crippen MR) is 75.7 cm³/mol. The fourth-order valence-electron chi connectivity index (χ4n) is 2.87. The molecule has 2 rings (SSSR count). The second-order valence-corrected chi connectivity index (χ2v) is 6.02. The lowest BCUT2D eigenvalue weighted by molar-refractivity contribution is -0.117. The molecule has 19 heavy (non-hydrogen) atoms. The van der Waals surface area contributed by atoms with E-state index >= 15 is 0 Å². The molecule has 3 heteroatoms. The fraction of sp³-hybridized carbons (Fsp3) is 0.562. The molecular formula is C16H22N2O. The average molecular weight is 258 g/mol. The Morgan fingerprint density at radius 3 is 3.00 bits per heavy atom. The van der Waals surface area contributed by atoms with E-state index in [1.807, 2.05) is 24.3 Å². The van der Waals surface area contributed by atoms with E-state index in [2.05, 4.69) is 32.2 Å². The number of rotatable bonds is 3. The van der Waals surface area contributed by atoms with Crippen molar-refractivity contribution >= 4 is 0 Å². The van der Waals surface area contributed by atoms with E-state index in [-0.39, 0.29) is 11.7 Å². The lowest BCUT2D eigenvalue weighted by atomic mass is 9.91. The van der Waals surface area contributed by atoms with Crippen molar-refractivity contribution in [1.29, 1.82) is 5.26 Å². The van der Waals surface area contributed by atoms with Crippen molar-refractivity contribution in [3.8, 4) is 6.07 Å². The molecule has 1 aromatic rings. The molecule has 1 saturated heterocycles. The van der Waals surface area contributed by atoms with E-state index < -0.39 is 0 Å². The topological polar surface area (TPSA) is 45.0 Å². The Morgan fingerprint density at radius 2 is 2.32 bits per heavy atom. The molecule has 1 aliphatic heterocycles. The number of nitrogens with zero attached hydrogens (tertiary/aromatic N) is 1. The Balaban J connectivity index is 2.14. The van der Waals surface area contributed by atoms with Crippen LogP contribution in [0, 0.1) is 17.2 Å². The number of hydrogen-bond acceptors (Lipinski definition) is 3. The number of morpholine rings is 1. The molecule has 1 aromatic carbocycles. The van der Waals surface area contributed by atoms with Crippen molar-refractivity contribution < 1.29 is 4.74 Å². The molecule has 1 heterocycles. The summed E-state index contributed by atoms with van der Waals surface area (Å²) in [5.41, 5.74) is 1.65. The van der Waals surface area contributed by atoms with Crippen LogP contribution in [-0.4, -0.2) is 18.7 Å². The largest absolute Gasteiger partial charge is 0.365 e. The lowest BCUT2D eigenvalue weighted by Gasteiger charge is -2.40. The number of ether oxygens (including phenoxy) is 1. The maximum absolute atomic E-state index is 8.98. The van der Waals surface area contributed by atoms with Gasteiger partial charge in [0.2, 0.25) is 0 Å². The van der Waals surface area contributed by atoms with Crippen LogP contribution in [0.4, 0.5) is 0 Å². The quantitative estimate of drug-likeness (QED) is 0.906. The number of hydrogen-bond donors (Lipinski definition) is 1. The van der Waals surface area contributed by atoms with Gasteiger partial charge in [-0.3, -0.25) is 0 Å². The smallest absolute Gasteiger partial charge is 0.0991 e. The zero-order valence-electron chi connectivity index (χ0n) is 11.9. The summed E-state index contributed by atoms with van der Waals surface area (Å²) in [6.45, 7) is 8.30. The second-order valence-electron chi connectivity index (χ2n) is 6.02. The Labute approximate surface area is 115 Å². The third kappa shape index (κ3) is 3.56. The number of nitrogens with one attached hydrogen (secondary N) is 1. The van der Waals surface area contributed by atoms with E-state index in [1.54, 1.807) is 0 Å². The van der Waals surface area contributed by atoms with Gasteiger partial charge in [-0.2, -0.15) is 5.26 Å². The molecule has 102 valence electrons. The van der Waals surface area contributed by atoms with Gasteiger partial charge in [0.1, 0.15) is 0 Å². The third-order valence-electron chi connectivity index (χ3n) is 3.48. The highest BCUT2D eigenvalue weighted by atomic mass is 16.5. The Morgan fingerprint density at radius 1 is 1.53 bits per heavy atom. The summed E-state index contributed by atoms with van der Waals surface area (Å²) in [5.74, 6) is 0.607. The first-order valence-corrected chi connectivity index (χ1v) is 6.91. The van der Waals surface area contributed by atoms with Crippen molar-refractivity contribution in [2.24, 2.45) is 5.92 Å². The highest BCUT2D eigenvalue weighted by Gasteiger charge is 2.34. The van der Waals surface area contributed by atoms with Gasteiger partial charge in [-0.1, -0.05) is 26.0 Å². The standard InChI is InChI=1S/C16H22N2O/c1-12(2)8-16(3)11-18-10-15(19-16)14-6-4-5-13(7-14)9-17/h4-7,12,15,18H,8,10-11H2,1-3H3. The van der Waals surface area contributed by atoms with Crippen LogP contribution >= 0.6 is 0 Å². The van der Waals surface area contributed by atoms with Crippen molar-refractivity contribution in [2.75, 3.05) is 13.1 Å². The first-order valence-electron chi connectivity index (χ1n) is 6.91. The molecule has 0 spiro atoms. The SMILES string of the molecule is CC(C)CC1(C)CNCC(c2cccc(C#N)c2)O1. The van der Waals surface area contributed by atoms with E-state index in [0.29, 0.717) is 11.5 Å². The van der Waals surface area contributed by atoms with Gasteiger partial charge in [-0.15, -0.1) is 0 Å². The molecule has 0 radical (unpaired) electrons. The van der Waals surface area contributed by atoms with Crippen LogP contribution in [0.1, 0.15) is 44.4 Å². The molecule has 2 unspecified atom stereocenters. The summed E-state index contributed by atoms with van der Waals surface area (Å²) in [5, 5.41) is 12.4. The van der Waals surface area contributed by atoms with Crippen molar-refractivity contribution in [3.05, 3.63) is 35.4 Å². The highest BCUT2D eigenvalue weighted by molar-refractivity contribution is 5.34. The second kappa shape index (κ2) is 5.73. The molecular weight excluding hydrogens is 236 g/mol.